The highest BCUT2D eigenvalue weighted by Crippen LogP contribution is 2.23. The first kappa shape index (κ1) is 11.8. The quantitative estimate of drug-likeness (QED) is 0.756. The van der Waals surface area contributed by atoms with Crippen LogP contribution in [0.2, 0.25) is 0 Å². The van der Waals surface area contributed by atoms with Crippen molar-refractivity contribution in [1.82, 2.24) is 0 Å². The zero-order chi connectivity index (χ0) is 11.3. The predicted octanol–water partition coefficient (Wildman–Crippen LogP) is 2.94. The molecule has 0 fully saturated rings. The summed E-state index contributed by atoms with van der Waals surface area (Å²) in [6.45, 7) is 4.00. The first-order chi connectivity index (χ1) is 7.29. The van der Waals surface area contributed by atoms with Crippen LogP contribution in [0.15, 0.2) is 18.2 Å². The summed E-state index contributed by atoms with van der Waals surface area (Å²) in [6, 6.07) is 5.84. The van der Waals surface area contributed by atoms with Gasteiger partial charge in [0.2, 0.25) is 5.91 Å². The maximum absolute atomic E-state index is 11.1. The van der Waals surface area contributed by atoms with Crippen LogP contribution in [0.25, 0.3) is 0 Å². The molecule has 84 valence electrons. The van der Waals surface area contributed by atoms with Gasteiger partial charge in [0.05, 0.1) is 0 Å². The van der Waals surface area contributed by atoms with Gasteiger partial charge in [-0.25, -0.2) is 0 Å². The molecule has 0 heterocycles. The molecule has 2 nitrogen and oxygen atoms in total. The van der Waals surface area contributed by atoms with Crippen LogP contribution >= 0.6 is 0 Å². The Bertz CT molecular complexity index is 350. The zero-order valence-corrected chi connectivity index (χ0v) is 9.55. The monoisotopic (exact) mass is 207 g/mol. The third-order valence-electron chi connectivity index (χ3n) is 2.66. The summed E-state index contributed by atoms with van der Waals surface area (Å²) in [5, 5.41) is 0. The van der Waals surface area contributed by atoms with Gasteiger partial charge in [-0.1, -0.05) is 26.0 Å². The fourth-order valence-corrected chi connectivity index (χ4v) is 2.01. The molecule has 0 saturated heterocycles. The summed E-state index contributed by atoms with van der Waals surface area (Å²) < 4.78 is 0. The molecule has 1 aromatic carbocycles. The maximum atomic E-state index is 11.1. The Morgan fingerprint density at radius 2 is 1.93 bits per heavy atom. The number of fused-ring (bicyclic) bond motifs is 1. The average molecular weight is 207 g/mol. The lowest BCUT2D eigenvalue weighted by Crippen LogP contribution is -2.16. The molecule has 2 N–H and O–H groups in total. The number of rotatable bonds is 1. The molecule has 1 aromatic rings. The molecule has 0 saturated carbocycles. The highest BCUT2D eigenvalue weighted by atomic mass is 16.1. The van der Waals surface area contributed by atoms with E-state index in [2.05, 4.69) is 6.07 Å². The van der Waals surface area contributed by atoms with Crippen LogP contribution in [0.3, 0.4) is 0 Å². The first-order valence-corrected chi connectivity index (χ1v) is 5.69. The highest BCUT2D eigenvalue weighted by Gasteiger charge is 2.14. The van der Waals surface area contributed by atoms with E-state index in [0.29, 0.717) is 0 Å². The van der Waals surface area contributed by atoms with E-state index >= 15 is 0 Å². The first-order valence-electron chi connectivity index (χ1n) is 5.69. The molecule has 0 atom stereocenters. The van der Waals surface area contributed by atoms with Gasteiger partial charge < -0.3 is 5.73 Å². The number of benzene rings is 1. The molecular weight excluding hydrogens is 186 g/mol. The lowest BCUT2D eigenvalue weighted by atomic mass is 9.88. The van der Waals surface area contributed by atoms with Crippen LogP contribution in [0.1, 0.15) is 49.6 Å². The van der Waals surface area contributed by atoms with Crippen LogP contribution in [-0.2, 0) is 12.8 Å². The van der Waals surface area contributed by atoms with Gasteiger partial charge in [0.25, 0.3) is 0 Å². The van der Waals surface area contributed by atoms with Crippen LogP contribution in [0.5, 0.6) is 0 Å². The van der Waals surface area contributed by atoms with Crippen molar-refractivity contribution >= 4 is 5.91 Å². The minimum Gasteiger partial charge on any atom is -0.366 e. The minimum atomic E-state index is -0.293. The standard InChI is InChI=1S/C11H13NO.C2H6.H2/c12-11(13)10-7-3-5-8-4-1-2-6-9(8)10;1-2;/h3,5,7H,1-2,4,6H2,(H2,12,13);1-2H3;1H. The van der Waals surface area contributed by atoms with Crippen LogP contribution < -0.4 is 5.73 Å². The van der Waals surface area contributed by atoms with E-state index < -0.39 is 0 Å². The Hall–Kier alpha value is -1.31. The second-order valence-corrected chi connectivity index (χ2v) is 3.51. The van der Waals surface area contributed by atoms with Gasteiger partial charge in [-0.2, -0.15) is 0 Å². The number of aryl methyl sites for hydroxylation is 1. The van der Waals surface area contributed by atoms with Crippen molar-refractivity contribution in [1.29, 1.82) is 0 Å². The molecule has 1 amide bonds. The summed E-state index contributed by atoms with van der Waals surface area (Å²) >= 11 is 0. The summed E-state index contributed by atoms with van der Waals surface area (Å²) in [5.41, 5.74) is 8.51. The Morgan fingerprint density at radius 1 is 1.27 bits per heavy atom. The van der Waals surface area contributed by atoms with E-state index in [9.17, 15) is 4.79 Å². The fraction of sp³-hybridized carbons (Fsp3) is 0.462. The number of hydrogen-bond donors (Lipinski definition) is 1. The molecule has 0 unspecified atom stereocenters. The Balaban J connectivity index is 0.000000711. The van der Waals surface area contributed by atoms with Crippen molar-refractivity contribution in [3.05, 3.63) is 34.9 Å². The Labute approximate surface area is 93.0 Å². The number of carbonyl (C=O) groups excluding carboxylic acids is 1. The van der Waals surface area contributed by atoms with Gasteiger partial charge in [-0.3, -0.25) is 4.79 Å². The zero-order valence-electron chi connectivity index (χ0n) is 9.55. The van der Waals surface area contributed by atoms with E-state index in [4.69, 9.17) is 5.73 Å². The van der Waals surface area contributed by atoms with Crippen molar-refractivity contribution in [2.45, 2.75) is 39.5 Å². The molecule has 15 heavy (non-hydrogen) atoms. The van der Waals surface area contributed by atoms with Gasteiger partial charge >= 0.3 is 0 Å². The van der Waals surface area contributed by atoms with Gasteiger partial charge in [0, 0.05) is 6.99 Å². The molecule has 0 aliphatic heterocycles. The lowest BCUT2D eigenvalue weighted by Gasteiger charge is -2.17. The number of amides is 1. The van der Waals surface area contributed by atoms with Crippen molar-refractivity contribution in [3.8, 4) is 0 Å². The van der Waals surface area contributed by atoms with Crippen molar-refractivity contribution in [2.24, 2.45) is 5.73 Å². The van der Waals surface area contributed by atoms with Gasteiger partial charge in [-0.05, 0) is 42.9 Å². The van der Waals surface area contributed by atoms with E-state index in [1.165, 1.54) is 24.0 Å². The topological polar surface area (TPSA) is 43.1 Å². The van der Waals surface area contributed by atoms with Crippen molar-refractivity contribution < 1.29 is 6.22 Å². The molecular formula is C13H21NO. The van der Waals surface area contributed by atoms with Crippen molar-refractivity contribution in [2.75, 3.05) is 0 Å². The van der Waals surface area contributed by atoms with E-state index in [1.54, 1.807) is 0 Å². The molecule has 0 aromatic heterocycles. The fourth-order valence-electron chi connectivity index (χ4n) is 2.01. The summed E-state index contributed by atoms with van der Waals surface area (Å²) in [7, 11) is 0. The Kier molecular flexibility index (Phi) is 4.35. The minimum absolute atomic E-state index is 0. The molecule has 0 bridgehead atoms. The maximum Gasteiger partial charge on any atom is 0.248 e. The van der Waals surface area contributed by atoms with Gasteiger partial charge in [0.1, 0.15) is 0 Å². The molecule has 0 spiro atoms. The van der Waals surface area contributed by atoms with Crippen molar-refractivity contribution in [3.63, 3.8) is 0 Å². The molecule has 1 aliphatic carbocycles. The number of nitrogens with two attached hydrogens (primary N) is 1. The summed E-state index contributed by atoms with van der Waals surface area (Å²) in [5.74, 6) is -0.293. The smallest absolute Gasteiger partial charge is 0.248 e. The SMILES string of the molecule is CC.NC(=O)c1cccc2c1CCCC2.[HH]. The van der Waals surface area contributed by atoms with E-state index in [1.807, 2.05) is 26.0 Å². The van der Waals surface area contributed by atoms with Gasteiger partial charge in [-0.15, -0.1) is 0 Å². The largest absolute Gasteiger partial charge is 0.366 e. The Morgan fingerprint density at radius 3 is 2.60 bits per heavy atom. The summed E-state index contributed by atoms with van der Waals surface area (Å²) in [6.07, 6.45) is 4.51. The number of hydrogen-bond acceptors (Lipinski definition) is 1. The van der Waals surface area contributed by atoms with Crippen LogP contribution in [-0.4, -0.2) is 5.91 Å². The summed E-state index contributed by atoms with van der Waals surface area (Å²) in [4.78, 5) is 11.1. The number of carbonyl (C=O) groups is 1. The lowest BCUT2D eigenvalue weighted by molar-refractivity contribution is 0.0999. The van der Waals surface area contributed by atoms with E-state index in [-0.39, 0.29) is 7.33 Å². The highest BCUT2D eigenvalue weighted by molar-refractivity contribution is 5.94. The van der Waals surface area contributed by atoms with Crippen LogP contribution in [0.4, 0.5) is 0 Å². The predicted molar refractivity (Wildman–Crippen MR) is 65.1 cm³/mol. The molecule has 0 radical (unpaired) electrons. The second-order valence-electron chi connectivity index (χ2n) is 3.51. The molecule has 2 rings (SSSR count). The normalized spacial score (nSPS) is 13.5. The van der Waals surface area contributed by atoms with Crippen LogP contribution in [0, 0.1) is 0 Å². The van der Waals surface area contributed by atoms with E-state index in [0.717, 1.165) is 18.4 Å². The third-order valence-corrected chi connectivity index (χ3v) is 2.66. The second kappa shape index (κ2) is 5.54. The van der Waals surface area contributed by atoms with Gasteiger partial charge in [0.15, 0.2) is 0 Å². The number of primary amides is 1. The third kappa shape index (κ3) is 2.58. The molecule has 2 heteroatoms. The molecule has 1 aliphatic rings. The average Bonchev–Trinajstić information content (AvgIpc) is 2.31.